The van der Waals surface area contributed by atoms with Crippen LogP contribution in [0.5, 0.6) is 0 Å². The van der Waals surface area contributed by atoms with Gasteiger partial charge in [-0.25, -0.2) is 0 Å². The standard InChI is InChI=1S/C20H24O5/c1-22-20-19(24-14-16-10-6-3-7-11-16)18(17(12-21)25-20)23-13-15-8-4-2-5-9-15/h2-11,17-21H,12-14H2,1H3/t17-,18?,19?,20-/m1/s1. The van der Waals surface area contributed by atoms with Crippen LogP contribution in [0.25, 0.3) is 0 Å². The maximum absolute atomic E-state index is 9.63. The second kappa shape index (κ2) is 9.08. The number of aliphatic hydroxyl groups excluding tert-OH is 1. The molecule has 0 radical (unpaired) electrons. The molecule has 4 atom stereocenters. The largest absolute Gasteiger partial charge is 0.394 e. The fraction of sp³-hybridized carbons (Fsp3) is 0.400. The van der Waals surface area contributed by atoms with Gasteiger partial charge in [-0.3, -0.25) is 0 Å². The summed E-state index contributed by atoms with van der Waals surface area (Å²) in [5, 5.41) is 9.63. The van der Waals surface area contributed by atoms with Crippen molar-refractivity contribution in [1.29, 1.82) is 0 Å². The number of rotatable bonds is 8. The highest BCUT2D eigenvalue weighted by atomic mass is 16.7. The summed E-state index contributed by atoms with van der Waals surface area (Å²) in [5.41, 5.74) is 2.12. The van der Waals surface area contributed by atoms with Crippen molar-refractivity contribution in [2.24, 2.45) is 0 Å². The molecule has 0 aromatic heterocycles. The van der Waals surface area contributed by atoms with Crippen LogP contribution in [0, 0.1) is 0 Å². The lowest BCUT2D eigenvalue weighted by atomic mass is 10.1. The first kappa shape index (κ1) is 18.0. The first-order valence-electron chi connectivity index (χ1n) is 8.42. The van der Waals surface area contributed by atoms with Crippen LogP contribution in [0.2, 0.25) is 0 Å². The average molecular weight is 344 g/mol. The van der Waals surface area contributed by atoms with Gasteiger partial charge in [-0.15, -0.1) is 0 Å². The van der Waals surface area contributed by atoms with Crippen molar-refractivity contribution in [3.63, 3.8) is 0 Å². The molecule has 0 aliphatic carbocycles. The summed E-state index contributed by atoms with van der Waals surface area (Å²) in [7, 11) is 1.57. The zero-order valence-corrected chi connectivity index (χ0v) is 14.3. The molecule has 0 amide bonds. The Morgan fingerprint density at radius 2 is 1.36 bits per heavy atom. The highest BCUT2D eigenvalue weighted by Gasteiger charge is 2.46. The number of methoxy groups -OCH3 is 1. The number of benzene rings is 2. The molecule has 134 valence electrons. The minimum atomic E-state index is -0.568. The number of hydrogen-bond donors (Lipinski definition) is 1. The molecule has 0 saturated carbocycles. The molecule has 1 aliphatic heterocycles. The third-order valence-electron chi connectivity index (χ3n) is 4.25. The van der Waals surface area contributed by atoms with E-state index in [0.717, 1.165) is 11.1 Å². The van der Waals surface area contributed by atoms with E-state index in [2.05, 4.69) is 0 Å². The van der Waals surface area contributed by atoms with Crippen molar-refractivity contribution >= 4 is 0 Å². The van der Waals surface area contributed by atoms with Crippen molar-refractivity contribution in [2.75, 3.05) is 13.7 Å². The highest BCUT2D eigenvalue weighted by molar-refractivity contribution is 5.14. The summed E-state index contributed by atoms with van der Waals surface area (Å²) in [6, 6.07) is 19.8. The van der Waals surface area contributed by atoms with Crippen LogP contribution in [0.4, 0.5) is 0 Å². The van der Waals surface area contributed by atoms with E-state index in [1.807, 2.05) is 60.7 Å². The summed E-state index contributed by atoms with van der Waals surface area (Å²) in [4.78, 5) is 0. The molecule has 25 heavy (non-hydrogen) atoms. The molecule has 2 unspecified atom stereocenters. The molecule has 1 aliphatic rings. The number of hydrogen-bond acceptors (Lipinski definition) is 5. The zero-order chi connectivity index (χ0) is 17.5. The van der Waals surface area contributed by atoms with E-state index in [1.54, 1.807) is 7.11 Å². The first-order valence-corrected chi connectivity index (χ1v) is 8.42. The topological polar surface area (TPSA) is 57.2 Å². The van der Waals surface area contributed by atoms with Crippen LogP contribution in [0.3, 0.4) is 0 Å². The average Bonchev–Trinajstić information content (AvgIpc) is 3.03. The third kappa shape index (κ3) is 4.66. The van der Waals surface area contributed by atoms with Gasteiger partial charge < -0.3 is 24.1 Å². The van der Waals surface area contributed by atoms with Gasteiger partial charge in [0, 0.05) is 7.11 Å². The summed E-state index contributed by atoms with van der Waals surface area (Å²) in [5.74, 6) is 0. The minimum Gasteiger partial charge on any atom is -0.394 e. The Hall–Kier alpha value is -1.76. The molecular formula is C20H24O5. The summed E-state index contributed by atoms with van der Waals surface area (Å²) < 4.78 is 23.2. The highest BCUT2D eigenvalue weighted by Crippen LogP contribution is 2.28. The summed E-state index contributed by atoms with van der Waals surface area (Å²) in [6.45, 7) is 0.704. The van der Waals surface area contributed by atoms with E-state index in [4.69, 9.17) is 18.9 Å². The van der Waals surface area contributed by atoms with Gasteiger partial charge in [-0.2, -0.15) is 0 Å². The lowest BCUT2D eigenvalue weighted by molar-refractivity contribution is -0.169. The molecular weight excluding hydrogens is 320 g/mol. The van der Waals surface area contributed by atoms with Gasteiger partial charge in [-0.1, -0.05) is 60.7 Å². The normalized spacial score (nSPS) is 26.0. The van der Waals surface area contributed by atoms with Crippen molar-refractivity contribution in [2.45, 2.75) is 37.8 Å². The molecule has 1 fully saturated rings. The molecule has 5 nitrogen and oxygen atoms in total. The van der Waals surface area contributed by atoms with Crippen molar-refractivity contribution < 1.29 is 24.1 Å². The minimum absolute atomic E-state index is 0.148. The van der Waals surface area contributed by atoms with Crippen LogP contribution in [0.15, 0.2) is 60.7 Å². The van der Waals surface area contributed by atoms with Crippen LogP contribution >= 0.6 is 0 Å². The maximum Gasteiger partial charge on any atom is 0.186 e. The Labute approximate surface area is 148 Å². The van der Waals surface area contributed by atoms with E-state index in [-0.39, 0.29) is 6.61 Å². The lowest BCUT2D eigenvalue weighted by Crippen LogP contribution is -2.39. The van der Waals surface area contributed by atoms with Crippen LogP contribution < -0.4 is 0 Å². The SMILES string of the molecule is CO[C@@H]1O[C@H](CO)C(OCc2ccccc2)C1OCc1ccccc1. The predicted octanol–water partition coefficient (Wildman–Crippen LogP) is 2.52. The molecule has 1 heterocycles. The van der Waals surface area contributed by atoms with E-state index < -0.39 is 24.6 Å². The van der Waals surface area contributed by atoms with Crippen LogP contribution in [-0.2, 0) is 32.2 Å². The molecule has 0 bridgehead atoms. The molecule has 5 heteroatoms. The zero-order valence-electron chi connectivity index (χ0n) is 14.3. The molecule has 0 spiro atoms. The van der Waals surface area contributed by atoms with Crippen LogP contribution in [0.1, 0.15) is 11.1 Å². The third-order valence-corrected chi connectivity index (χ3v) is 4.25. The van der Waals surface area contributed by atoms with Gasteiger partial charge in [0.2, 0.25) is 0 Å². The fourth-order valence-electron chi connectivity index (χ4n) is 2.94. The van der Waals surface area contributed by atoms with Gasteiger partial charge in [0.05, 0.1) is 19.8 Å². The quantitative estimate of drug-likeness (QED) is 0.797. The Bertz CT molecular complexity index is 563. The molecule has 2 aromatic carbocycles. The molecule has 2 aromatic rings. The predicted molar refractivity (Wildman–Crippen MR) is 92.8 cm³/mol. The molecule has 3 rings (SSSR count). The second-order valence-electron chi connectivity index (χ2n) is 5.98. The van der Waals surface area contributed by atoms with Crippen molar-refractivity contribution in [3.8, 4) is 0 Å². The van der Waals surface area contributed by atoms with E-state index in [1.165, 1.54) is 0 Å². The molecule has 1 N–H and O–H groups in total. The van der Waals surface area contributed by atoms with Gasteiger partial charge in [-0.05, 0) is 11.1 Å². The van der Waals surface area contributed by atoms with Gasteiger partial charge in [0.1, 0.15) is 18.3 Å². The van der Waals surface area contributed by atoms with E-state index in [9.17, 15) is 5.11 Å². The fourth-order valence-corrected chi connectivity index (χ4v) is 2.94. The number of aliphatic hydroxyl groups is 1. The number of ether oxygens (including phenoxy) is 4. The van der Waals surface area contributed by atoms with Gasteiger partial charge >= 0.3 is 0 Å². The first-order chi connectivity index (χ1) is 12.3. The lowest BCUT2D eigenvalue weighted by Gasteiger charge is -2.24. The Morgan fingerprint density at radius 1 is 0.840 bits per heavy atom. The van der Waals surface area contributed by atoms with Crippen molar-refractivity contribution in [1.82, 2.24) is 0 Å². The van der Waals surface area contributed by atoms with E-state index in [0.29, 0.717) is 13.2 Å². The van der Waals surface area contributed by atoms with E-state index >= 15 is 0 Å². The van der Waals surface area contributed by atoms with Crippen molar-refractivity contribution in [3.05, 3.63) is 71.8 Å². The second-order valence-corrected chi connectivity index (χ2v) is 5.98. The summed E-state index contributed by atoms with van der Waals surface area (Å²) in [6.07, 6.45) is -1.86. The smallest absolute Gasteiger partial charge is 0.186 e. The summed E-state index contributed by atoms with van der Waals surface area (Å²) >= 11 is 0. The Balaban J connectivity index is 1.66. The monoisotopic (exact) mass is 344 g/mol. The molecule has 1 saturated heterocycles. The Morgan fingerprint density at radius 3 is 1.84 bits per heavy atom. The van der Waals surface area contributed by atoms with Gasteiger partial charge in [0.15, 0.2) is 6.29 Å². The van der Waals surface area contributed by atoms with Crippen LogP contribution in [-0.4, -0.2) is 43.4 Å². The maximum atomic E-state index is 9.63. The van der Waals surface area contributed by atoms with Gasteiger partial charge in [0.25, 0.3) is 0 Å². The Kier molecular flexibility index (Phi) is 6.55.